The molecule has 4 rings (SSSR count). The molecule has 0 saturated carbocycles. The summed E-state index contributed by atoms with van der Waals surface area (Å²) in [6.07, 6.45) is 2.29. The van der Waals surface area contributed by atoms with E-state index in [-0.39, 0.29) is 17.1 Å². The molecular formula is C23H25NO. The fourth-order valence-corrected chi connectivity index (χ4v) is 4.92. The maximum Gasteiger partial charge on any atom is 0.106 e. The Kier molecular flexibility index (Phi) is 3.45. The molecule has 2 aromatic carbocycles. The summed E-state index contributed by atoms with van der Waals surface area (Å²) in [5, 5.41) is 0. The third kappa shape index (κ3) is 1.89. The summed E-state index contributed by atoms with van der Waals surface area (Å²) >= 11 is 0. The summed E-state index contributed by atoms with van der Waals surface area (Å²) in [7, 11) is 3.96. The molecule has 0 saturated heterocycles. The number of benzene rings is 2. The van der Waals surface area contributed by atoms with Gasteiger partial charge in [0, 0.05) is 25.3 Å². The molecule has 0 bridgehead atoms. The second-order valence-electron chi connectivity index (χ2n) is 7.57. The van der Waals surface area contributed by atoms with E-state index in [4.69, 9.17) is 4.74 Å². The van der Waals surface area contributed by atoms with Crippen LogP contribution in [0.5, 0.6) is 0 Å². The van der Waals surface area contributed by atoms with Crippen LogP contribution in [-0.4, -0.2) is 25.8 Å². The van der Waals surface area contributed by atoms with Gasteiger partial charge >= 0.3 is 0 Å². The minimum Gasteiger partial charge on any atom is -0.372 e. The third-order valence-corrected chi connectivity index (χ3v) is 6.22. The molecule has 0 amide bonds. The molecule has 25 heavy (non-hydrogen) atoms. The van der Waals surface area contributed by atoms with Crippen LogP contribution in [0.15, 0.2) is 72.8 Å². The Bertz CT molecular complexity index is 865. The van der Waals surface area contributed by atoms with Crippen molar-refractivity contribution in [2.75, 3.05) is 19.1 Å². The quantitative estimate of drug-likeness (QED) is 0.732. The summed E-state index contributed by atoms with van der Waals surface area (Å²) in [4.78, 5) is 2.38. The van der Waals surface area contributed by atoms with E-state index in [0.29, 0.717) is 0 Å². The monoisotopic (exact) mass is 331 g/mol. The molecule has 2 unspecified atom stereocenters. The van der Waals surface area contributed by atoms with E-state index < -0.39 is 0 Å². The van der Waals surface area contributed by atoms with Crippen molar-refractivity contribution in [2.45, 2.75) is 30.9 Å². The van der Waals surface area contributed by atoms with Gasteiger partial charge in [-0.05, 0) is 34.4 Å². The first-order valence-corrected chi connectivity index (χ1v) is 8.78. The van der Waals surface area contributed by atoms with Gasteiger partial charge in [0.2, 0.25) is 0 Å². The molecule has 1 aliphatic heterocycles. The van der Waals surface area contributed by atoms with Crippen LogP contribution in [0.25, 0.3) is 5.57 Å². The highest BCUT2D eigenvalue weighted by Crippen LogP contribution is 2.59. The maximum absolute atomic E-state index is 5.92. The molecule has 1 heterocycles. The number of hydrogen-bond donors (Lipinski definition) is 0. The molecule has 128 valence electrons. The van der Waals surface area contributed by atoms with Crippen molar-refractivity contribution in [3.8, 4) is 0 Å². The lowest BCUT2D eigenvalue weighted by Crippen LogP contribution is -2.53. The van der Waals surface area contributed by atoms with Crippen LogP contribution in [0.2, 0.25) is 0 Å². The van der Waals surface area contributed by atoms with Crippen molar-refractivity contribution in [3.05, 3.63) is 84.0 Å². The van der Waals surface area contributed by atoms with E-state index in [9.17, 15) is 0 Å². The van der Waals surface area contributed by atoms with Gasteiger partial charge in [-0.1, -0.05) is 69.0 Å². The molecule has 2 aromatic rings. The predicted octanol–water partition coefficient (Wildman–Crippen LogP) is 4.82. The molecule has 1 spiro atoms. The van der Waals surface area contributed by atoms with Crippen LogP contribution in [0.1, 0.15) is 25.0 Å². The number of likely N-dealkylation sites (N-methyl/N-ethyl adjacent to an activating group) is 1. The number of para-hydroxylation sites is 1. The smallest absolute Gasteiger partial charge is 0.106 e. The van der Waals surface area contributed by atoms with Gasteiger partial charge < -0.3 is 9.64 Å². The Balaban J connectivity index is 1.96. The van der Waals surface area contributed by atoms with Gasteiger partial charge in [-0.2, -0.15) is 0 Å². The molecule has 0 aromatic heterocycles. The summed E-state index contributed by atoms with van der Waals surface area (Å²) in [6, 6.07) is 19.2. The van der Waals surface area contributed by atoms with Crippen molar-refractivity contribution in [2.24, 2.45) is 0 Å². The van der Waals surface area contributed by atoms with Crippen molar-refractivity contribution in [1.82, 2.24) is 0 Å². The lowest BCUT2D eigenvalue weighted by molar-refractivity contribution is 0.167. The van der Waals surface area contributed by atoms with Crippen LogP contribution in [0, 0.1) is 0 Å². The van der Waals surface area contributed by atoms with E-state index in [1.807, 2.05) is 6.07 Å². The second kappa shape index (κ2) is 5.34. The van der Waals surface area contributed by atoms with Crippen LogP contribution in [0.3, 0.4) is 0 Å². The number of ether oxygens (including phenoxy) is 1. The molecular weight excluding hydrogens is 306 g/mol. The zero-order valence-corrected chi connectivity index (χ0v) is 15.4. The van der Waals surface area contributed by atoms with Crippen LogP contribution < -0.4 is 4.90 Å². The minimum atomic E-state index is -0.289. The largest absolute Gasteiger partial charge is 0.372 e. The van der Waals surface area contributed by atoms with E-state index >= 15 is 0 Å². The van der Waals surface area contributed by atoms with Crippen molar-refractivity contribution < 1.29 is 4.74 Å². The van der Waals surface area contributed by atoms with Crippen molar-refractivity contribution in [3.63, 3.8) is 0 Å². The third-order valence-electron chi connectivity index (χ3n) is 6.22. The highest BCUT2D eigenvalue weighted by Gasteiger charge is 2.60. The molecule has 1 aliphatic carbocycles. The maximum atomic E-state index is 5.92. The Morgan fingerprint density at radius 1 is 1.00 bits per heavy atom. The molecule has 2 heteroatoms. The fraction of sp³-hybridized carbons (Fsp3) is 0.304. The Hall–Kier alpha value is -2.32. The van der Waals surface area contributed by atoms with Crippen molar-refractivity contribution in [1.29, 1.82) is 0 Å². The molecule has 0 fully saturated rings. The highest BCUT2D eigenvalue weighted by molar-refractivity contribution is 5.85. The van der Waals surface area contributed by atoms with Gasteiger partial charge in [0.25, 0.3) is 0 Å². The number of hydrogen-bond acceptors (Lipinski definition) is 2. The summed E-state index contributed by atoms with van der Waals surface area (Å²) in [5.41, 5.74) is 5.77. The molecule has 0 radical (unpaired) electrons. The van der Waals surface area contributed by atoms with E-state index in [1.165, 1.54) is 22.4 Å². The second-order valence-corrected chi connectivity index (χ2v) is 7.57. The first-order chi connectivity index (χ1) is 11.9. The Morgan fingerprint density at radius 3 is 2.28 bits per heavy atom. The van der Waals surface area contributed by atoms with Crippen LogP contribution >= 0.6 is 0 Å². The van der Waals surface area contributed by atoms with Crippen molar-refractivity contribution >= 4 is 11.3 Å². The van der Waals surface area contributed by atoms with E-state index in [1.54, 1.807) is 7.11 Å². The summed E-state index contributed by atoms with van der Waals surface area (Å²) in [5.74, 6) is 0. The van der Waals surface area contributed by atoms with Crippen LogP contribution in [0.4, 0.5) is 5.69 Å². The molecule has 0 N–H and O–H groups in total. The first-order valence-electron chi connectivity index (χ1n) is 8.78. The van der Waals surface area contributed by atoms with E-state index in [2.05, 4.69) is 87.0 Å². The fourth-order valence-electron chi connectivity index (χ4n) is 4.92. The summed E-state index contributed by atoms with van der Waals surface area (Å²) < 4.78 is 5.92. The zero-order valence-electron chi connectivity index (χ0n) is 15.4. The van der Waals surface area contributed by atoms with Crippen LogP contribution in [-0.2, 0) is 10.2 Å². The van der Waals surface area contributed by atoms with E-state index in [0.717, 1.165) is 5.57 Å². The minimum absolute atomic E-state index is 0.0945. The highest BCUT2D eigenvalue weighted by atomic mass is 16.5. The molecule has 2 nitrogen and oxygen atoms in total. The first kappa shape index (κ1) is 16.2. The number of rotatable bonds is 2. The van der Waals surface area contributed by atoms with Gasteiger partial charge in [0.15, 0.2) is 0 Å². The summed E-state index contributed by atoms with van der Waals surface area (Å²) in [6.45, 7) is 9.16. The van der Waals surface area contributed by atoms with Gasteiger partial charge in [0.05, 0.1) is 5.54 Å². The number of methoxy groups -OCH3 is 1. The molecule has 2 aliphatic rings. The zero-order chi connectivity index (χ0) is 17.8. The standard InChI is InChI=1S/C23H25NO/c1-16-21(25-5)18(17-11-7-6-8-12-17)15-23(16)22(2,3)19-13-9-10-14-20(19)24(23)4/h6-15,21H,1H2,2-5H3. The van der Waals surface area contributed by atoms with Gasteiger partial charge in [-0.3, -0.25) is 0 Å². The number of anilines is 1. The Labute approximate surface area is 150 Å². The van der Waals surface area contributed by atoms with Gasteiger partial charge in [0.1, 0.15) is 6.10 Å². The number of nitrogens with zero attached hydrogens (tertiary/aromatic N) is 1. The van der Waals surface area contributed by atoms with Gasteiger partial charge in [-0.15, -0.1) is 0 Å². The average molecular weight is 331 g/mol. The number of fused-ring (bicyclic) bond motifs is 1. The lowest BCUT2D eigenvalue weighted by atomic mass is 9.68. The predicted molar refractivity (Wildman–Crippen MR) is 105 cm³/mol. The lowest BCUT2D eigenvalue weighted by Gasteiger charge is -2.44. The SMILES string of the molecule is C=C1C(OC)C(c2ccccc2)=CC12N(C)c1ccccc1C2(C)C. The molecule has 2 atom stereocenters. The topological polar surface area (TPSA) is 12.5 Å². The normalized spacial score (nSPS) is 26.9. The Morgan fingerprint density at radius 2 is 1.64 bits per heavy atom. The van der Waals surface area contributed by atoms with Gasteiger partial charge in [-0.25, -0.2) is 0 Å². The average Bonchev–Trinajstić information content (AvgIpc) is 3.03.